The summed E-state index contributed by atoms with van der Waals surface area (Å²) in [6.45, 7) is 6.68. The maximum atomic E-state index is 12.3. The molecule has 186 valence electrons. The van der Waals surface area contributed by atoms with Crippen LogP contribution in [0.15, 0.2) is 36.9 Å². The summed E-state index contributed by atoms with van der Waals surface area (Å²) in [7, 11) is 0. The van der Waals surface area contributed by atoms with E-state index in [4.69, 9.17) is 9.47 Å². The first-order chi connectivity index (χ1) is 16.2. The quantitative estimate of drug-likeness (QED) is 0.105. The van der Waals surface area contributed by atoms with Crippen molar-refractivity contribution in [1.29, 1.82) is 0 Å². The Balaban J connectivity index is 2.04. The SMILES string of the molecule is C=CCCCOC(=O)c1cccc(C(=O)OCCCCCCCCCCCCCCCC)c1. The molecule has 0 amide bonds. The van der Waals surface area contributed by atoms with Crippen LogP contribution in [0, 0.1) is 0 Å². The molecule has 0 aliphatic heterocycles. The van der Waals surface area contributed by atoms with Crippen LogP contribution in [-0.2, 0) is 9.47 Å². The highest BCUT2D eigenvalue weighted by atomic mass is 16.5. The van der Waals surface area contributed by atoms with Gasteiger partial charge < -0.3 is 9.47 Å². The number of benzene rings is 1. The Hall–Kier alpha value is -2.10. The molecule has 1 aromatic carbocycles. The van der Waals surface area contributed by atoms with Crippen LogP contribution < -0.4 is 0 Å². The number of rotatable bonds is 21. The van der Waals surface area contributed by atoms with Crippen molar-refractivity contribution >= 4 is 11.9 Å². The van der Waals surface area contributed by atoms with Crippen molar-refractivity contribution in [3.63, 3.8) is 0 Å². The second-order valence-electron chi connectivity index (χ2n) is 8.88. The van der Waals surface area contributed by atoms with E-state index in [-0.39, 0.29) is 5.97 Å². The highest BCUT2D eigenvalue weighted by Crippen LogP contribution is 2.13. The van der Waals surface area contributed by atoms with Crippen molar-refractivity contribution < 1.29 is 19.1 Å². The van der Waals surface area contributed by atoms with E-state index in [0.29, 0.717) is 24.3 Å². The van der Waals surface area contributed by atoms with E-state index in [9.17, 15) is 9.59 Å². The topological polar surface area (TPSA) is 52.6 Å². The van der Waals surface area contributed by atoms with Crippen LogP contribution in [0.5, 0.6) is 0 Å². The van der Waals surface area contributed by atoms with Gasteiger partial charge in [0.2, 0.25) is 0 Å². The summed E-state index contributed by atoms with van der Waals surface area (Å²) in [6, 6.07) is 6.55. The zero-order valence-electron chi connectivity index (χ0n) is 21.0. The predicted octanol–water partition coefficient (Wildman–Crippen LogP) is 8.45. The third kappa shape index (κ3) is 15.4. The van der Waals surface area contributed by atoms with Crippen molar-refractivity contribution in [2.75, 3.05) is 13.2 Å². The van der Waals surface area contributed by atoms with E-state index in [0.717, 1.165) is 25.7 Å². The fourth-order valence-corrected chi connectivity index (χ4v) is 3.79. The molecule has 0 unspecified atom stereocenters. The molecular formula is C29H46O4. The molecule has 0 saturated carbocycles. The lowest BCUT2D eigenvalue weighted by Crippen LogP contribution is -2.10. The minimum Gasteiger partial charge on any atom is -0.462 e. The van der Waals surface area contributed by atoms with E-state index in [1.54, 1.807) is 30.3 Å². The number of hydrogen-bond donors (Lipinski definition) is 0. The maximum absolute atomic E-state index is 12.3. The summed E-state index contributed by atoms with van der Waals surface area (Å²) in [6.07, 6.45) is 21.5. The third-order valence-electron chi connectivity index (χ3n) is 5.85. The van der Waals surface area contributed by atoms with Crippen molar-refractivity contribution in [1.82, 2.24) is 0 Å². The zero-order valence-corrected chi connectivity index (χ0v) is 21.0. The number of unbranched alkanes of at least 4 members (excludes halogenated alkanes) is 14. The first-order valence-electron chi connectivity index (χ1n) is 13.2. The fraction of sp³-hybridized carbons (Fsp3) is 0.655. The van der Waals surface area contributed by atoms with Gasteiger partial charge in [0.15, 0.2) is 0 Å². The standard InChI is InChI=1S/C29H46O4/c1-3-5-7-8-9-10-11-12-13-14-15-16-17-19-24-33-29(31)27-22-20-21-26(25-27)28(30)32-23-18-6-4-2/h4,20-22,25H,2-3,5-19,23-24H2,1H3. The molecule has 1 rings (SSSR count). The molecule has 4 nitrogen and oxygen atoms in total. The van der Waals surface area contributed by atoms with Gasteiger partial charge in [0.05, 0.1) is 24.3 Å². The first kappa shape index (κ1) is 28.9. The minimum atomic E-state index is -0.416. The highest BCUT2D eigenvalue weighted by molar-refractivity contribution is 5.95. The van der Waals surface area contributed by atoms with Gasteiger partial charge in [0.1, 0.15) is 0 Å². The molecule has 0 aromatic heterocycles. The molecule has 0 saturated heterocycles. The van der Waals surface area contributed by atoms with Crippen LogP contribution in [0.1, 0.15) is 130 Å². The number of carbonyl (C=O) groups excluding carboxylic acids is 2. The summed E-state index contributed by atoms with van der Waals surface area (Å²) in [5.41, 5.74) is 0.764. The molecule has 0 fully saturated rings. The average Bonchev–Trinajstić information content (AvgIpc) is 2.84. The summed E-state index contributed by atoms with van der Waals surface area (Å²) in [5, 5.41) is 0. The third-order valence-corrected chi connectivity index (χ3v) is 5.85. The molecule has 0 bridgehead atoms. The molecule has 0 heterocycles. The number of ether oxygens (including phenoxy) is 2. The Morgan fingerprint density at radius 3 is 1.58 bits per heavy atom. The van der Waals surface area contributed by atoms with Gasteiger partial charge in [0.25, 0.3) is 0 Å². The maximum Gasteiger partial charge on any atom is 0.338 e. The molecule has 4 heteroatoms. The van der Waals surface area contributed by atoms with Crippen molar-refractivity contribution in [2.24, 2.45) is 0 Å². The van der Waals surface area contributed by atoms with Crippen molar-refractivity contribution in [3.8, 4) is 0 Å². The minimum absolute atomic E-state index is 0.346. The molecular weight excluding hydrogens is 412 g/mol. The zero-order chi connectivity index (χ0) is 24.0. The Kier molecular flexibility index (Phi) is 18.0. The summed E-state index contributed by atoms with van der Waals surface area (Å²) >= 11 is 0. The van der Waals surface area contributed by atoms with E-state index in [1.165, 1.54) is 77.0 Å². The largest absolute Gasteiger partial charge is 0.462 e. The summed E-state index contributed by atoms with van der Waals surface area (Å²) < 4.78 is 10.6. The monoisotopic (exact) mass is 458 g/mol. The molecule has 0 aliphatic rings. The van der Waals surface area contributed by atoms with Crippen LogP contribution >= 0.6 is 0 Å². The predicted molar refractivity (Wildman–Crippen MR) is 137 cm³/mol. The number of allylic oxidation sites excluding steroid dienone is 1. The second kappa shape index (κ2) is 20.5. The van der Waals surface area contributed by atoms with Crippen LogP contribution in [0.4, 0.5) is 0 Å². The lowest BCUT2D eigenvalue weighted by Gasteiger charge is -2.07. The number of carbonyl (C=O) groups is 2. The first-order valence-corrected chi connectivity index (χ1v) is 13.2. The Morgan fingerprint density at radius 1 is 0.697 bits per heavy atom. The van der Waals surface area contributed by atoms with Gasteiger partial charge in [-0.25, -0.2) is 9.59 Å². The Labute approximate surface area is 202 Å². The van der Waals surface area contributed by atoms with E-state index in [1.807, 2.05) is 0 Å². The average molecular weight is 459 g/mol. The smallest absolute Gasteiger partial charge is 0.338 e. The van der Waals surface area contributed by atoms with Crippen LogP contribution in [0.2, 0.25) is 0 Å². The van der Waals surface area contributed by atoms with Gasteiger partial charge in [-0.2, -0.15) is 0 Å². The second-order valence-corrected chi connectivity index (χ2v) is 8.88. The lowest BCUT2D eigenvalue weighted by atomic mass is 10.0. The van der Waals surface area contributed by atoms with Crippen LogP contribution in [0.3, 0.4) is 0 Å². The van der Waals surface area contributed by atoms with Gasteiger partial charge in [-0.05, 0) is 37.5 Å². The molecule has 0 aliphatic carbocycles. The van der Waals surface area contributed by atoms with Gasteiger partial charge >= 0.3 is 11.9 Å². The van der Waals surface area contributed by atoms with Crippen LogP contribution in [0.25, 0.3) is 0 Å². The Morgan fingerprint density at radius 2 is 1.12 bits per heavy atom. The number of esters is 2. The van der Waals surface area contributed by atoms with Crippen molar-refractivity contribution in [3.05, 3.63) is 48.0 Å². The molecule has 0 radical (unpaired) electrons. The molecule has 1 aromatic rings. The lowest BCUT2D eigenvalue weighted by molar-refractivity contribution is 0.0497. The van der Waals surface area contributed by atoms with E-state index >= 15 is 0 Å². The fourth-order valence-electron chi connectivity index (χ4n) is 3.79. The van der Waals surface area contributed by atoms with Gasteiger partial charge in [-0.3, -0.25) is 0 Å². The molecule has 0 N–H and O–H groups in total. The summed E-state index contributed by atoms with van der Waals surface area (Å²) in [5.74, 6) is -0.799. The molecule has 0 atom stereocenters. The van der Waals surface area contributed by atoms with Gasteiger partial charge in [0, 0.05) is 0 Å². The molecule has 0 spiro atoms. The van der Waals surface area contributed by atoms with Crippen molar-refractivity contribution in [2.45, 2.75) is 110 Å². The summed E-state index contributed by atoms with van der Waals surface area (Å²) in [4.78, 5) is 24.4. The number of hydrogen-bond acceptors (Lipinski definition) is 4. The Bertz CT molecular complexity index is 653. The molecule has 33 heavy (non-hydrogen) atoms. The van der Waals surface area contributed by atoms with Gasteiger partial charge in [-0.1, -0.05) is 103 Å². The van der Waals surface area contributed by atoms with E-state index in [2.05, 4.69) is 13.5 Å². The normalized spacial score (nSPS) is 10.7. The highest BCUT2D eigenvalue weighted by Gasteiger charge is 2.12. The van der Waals surface area contributed by atoms with Gasteiger partial charge in [-0.15, -0.1) is 6.58 Å². The van der Waals surface area contributed by atoms with Crippen LogP contribution in [-0.4, -0.2) is 25.2 Å². The van der Waals surface area contributed by atoms with E-state index < -0.39 is 5.97 Å².